The summed E-state index contributed by atoms with van der Waals surface area (Å²) < 4.78 is 31.2. The second-order valence-corrected chi connectivity index (χ2v) is 7.90. The van der Waals surface area contributed by atoms with Gasteiger partial charge in [0.1, 0.15) is 6.04 Å². The van der Waals surface area contributed by atoms with Crippen molar-refractivity contribution in [2.75, 3.05) is 31.4 Å². The minimum absolute atomic E-state index is 0.130. The highest BCUT2D eigenvalue weighted by atomic mass is 32.2. The summed E-state index contributed by atoms with van der Waals surface area (Å²) in [5.41, 5.74) is 0.804. The molecule has 0 aliphatic carbocycles. The molecule has 0 bridgehead atoms. The summed E-state index contributed by atoms with van der Waals surface area (Å²) in [5, 5.41) is 0. The van der Waals surface area contributed by atoms with Crippen LogP contribution in [0.1, 0.15) is 19.8 Å². The lowest BCUT2D eigenvalue weighted by molar-refractivity contribution is -0.123. The van der Waals surface area contributed by atoms with Crippen LogP contribution in [0.2, 0.25) is 0 Å². The van der Waals surface area contributed by atoms with E-state index in [1.54, 1.807) is 11.8 Å². The van der Waals surface area contributed by atoms with Crippen molar-refractivity contribution in [3.8, 4) is 0 Å². The fourth-order valence-corrected chi connectivity index (χ4v) is 4.28. The first-order valence-corrected chi connectivity index (χ1v) is 9.32. The van der Waals surface area contributed by atoms with E-state index in [2.05, 4.69) is 0 Å². The Bertz CT molecular complexity index is 633. The van der Waals surface area contributed by atoms with Crippen molar-refractivity contribution < 1.29 is 17.9 Å². The molecule has 1 aliphatic rings. The van der Waals surface area contributed by atoms with Crippen molar-refractivity contribution in [1.82, 2.24) is 4.31 Å². The molecule has 0 unspecified atom stereocenters. The van der Waals surface area contributed by atoms with Gasteiger partial charge in [0.05, 0.1) is 11.9 Å². The van der Waals surface area contributed by atoms with Crippen LogP contribution in [-0.4, -0.2) is 57.2 Å². The van der Waals surface area contributed by atoms with Gasteiger partial charge in [0.25, 0.3) is 0 Å². The highest BCUT2D eigenvalue weighted by Gasteiger charge is 2.37. The molecule has 1 saturated heterocycles. The van der Waals surface area contributed by atoms with Crippen LogP contribution < -0.4 is 4.90 Å². The maximum atomic E-state index is 12.8. The van der Waals surface area contributed by atoms with Gasteiger partial charge in [0.15, 0.2) is 0 Å². The van der Waals surface area contributed by atoms with E-state index in [0.29, 0.717) is 13.0 Å². The van der Waals surface area contributed by atoms with E-state index in [1.807, 2.05) is 30.3 Å². The Morgan fingerprint density at radius 3 is 2.61 bits per heavy atom. The zero-order valence-corrected chi connectivity index (χ0v) is 14.6. The normalized spacial score (nSPS) is 20.8. The minimum atomic E-state index is -3.55. The van der Waals surface area contributed by atoms with E-state index >= 15 is 0 Å². The number of sulfonamides is 1. The van der Waals surface area contributed by atoms with Gasteiger partial charge in [-0.2, -0.15) is 4.31 Å². The highest BCUT2D eigenvalue weighted by Crippen LogP contribution is 2.24. The Kier molecular flexibility index (Phi) is 5.78. The van der Waals surface area contributed by atoms with Crippen LogP contribution in [-0.2, 0) is 19.6 Å². The number of rotatable bonds is 6. The smallest absolute Gasteiger partial charge is 0.245 e. The van der Waals surface area contributed by atoms with Gasteiger partial charge in [0, 0.05) is 26.4 Å². The summed E-state index contributed by atoms with van der Waals surface area (Å²) in [7, 11) is -0.593. The van der Waals surface area contributed by atoms with Crippen LogP contribution in [0.4, 0.5) is 5.69 Å². The molecule has 1 aromatic carbocycles. The molecular weight excluding hydrogens is 316 g/mol. The van der Waals surface area contributed by atoms with Crippen molar-refractivity contribution in [3.05, 3.63) is 30.3 Å². The number of nitrogens with zero attached hydrogens (tertiary/aromatic N) is 2. The number of carbonyl (C=O) groups excluding carboxylic acids is 1. The van der Waals surface area contributed by atoms with Gasteiger partial charge in [-0.3, -0.25) is 4.79 Å². The van der Waals surface area contributed by atoms with Gasteiger partial charge in [-0.05, 0) is 31.9 Å². The number of hydrogen-bond acceptors (Lipinski definition) is 4. The summed E-state index contributed by atoms with van der Waals surface area (Å²) in [6.45, 7) is 2.31. The molecule has 6 nitrogen and oxygen atoms in total. The number of piperidine rings is 1. The number of likely N-dealkylation sites (N-methyl/N-ethyl adjacent to an activating group) is 1. The molecule has 0 aromatic heterocycles. The summed E-state index contributed by atoms with van der Waals surface area (Å²) in [5.74, 6) is -0.298. The minimum Gasteiger partial charge on any atom is -0.381 e. The number of anilines is 1. The molecular formula is C16H24N2O4S. The van der Waals surface area contributed by atoms with E-state index in [9.17, 15) is 13.2 Å². The molecule has 0 saturated carbocycles. The molecule has 128 valence electrons. The SMILES string of the molecule is CO[C@@H](C)CS(=O)(=O)N(C)[C@@H]1CCCN(c2ccccc2)C1=O. The second kappa shape index (κ2) is 7.42. The molecule has 0 spiro atoms. The third kappa shape index (κ3) is 4.10. The lowest BCUT2D eigenvalue weighted by atomic mass is 10.0. The first-order chi connectivity index (χ1) is 10.9. The third-order valence-corrected chi connectivity index (χ3v) is 6.23. The van der Waals surface area contributed by atoms with Crippen LogP contribution in [0.25, 0.3) is 0 Å². The van der Waals surface area contributed by atoms with Crippen molar-refractivity contribution in [1.29, 1.82) is 0 Å². The zero-order valence-electron chi connectivity index (χ0n) is 13.8. The number of carbonyl (C=O) groups is 1. The number of para-hydroxylation sites is 1. The molecule has 1 fully saturated rings. The number of benzene rings is 1. The van der Waals surface area contributed by atoms with E-state index in [4.69, 9.17) is 4.74 Å². The molecule has 7 heteroatoms. The quantitative estimate of drug-likeness (QED) is 0.787. The number of hydrogen-bond donors (Lipinski definition) is 0. The third-order valence-electron chi connectivity index (χ3n) is 4.20. The Labute approximate surface area is 138 Å². The lowest BCUT2D eigenvalue weighted by Gasteiger charge is -2.36. The number of methoxy groups -OCH3 is 1. The van der Waals surface area contributed by atoms with Crippen molar-refractivity contribution in [2.24, 2.45) is 0 Å². The fourth-order valence-electron chi connectivity index (χ4n) is 2.73. The Hall–Kier alpha value is -1.44. The zero-order chi connectivity index (χ0) is 17.0. The molecule has 1 aliphatic heterocycles. The monoisotopic (exact) mass is 340 g/mol. The maximum Gasteiger partial charge on any atom is 0.245 e. The van der Waals surface area contributed by atoms with Gasteiger partial charge in [0.2, 0.25) is 15.9 Å². The average molecular weight is 340 g/mol. The molecule has 2 atom stereocenters. The van der Waals surface area contributed by atoms with Gasteiger partial charge in [-0.25, -0.2) is 8.42 Å². The molecule has 2 rings (SSSR count). The maximum absolute atomic E-state index is 12.8. The van der Waals surface area contributed by atoms with Crippen LogP contribution >= 0.6 is 0 Å². The van der Waals surface area contributed by atoms with Crippen LogP contribution in [0.3, 0.4) is 0 Å². The lowest BCUT2D eigenvalue weighted by Crippen LogP contribution is -2.53. The largest absolute Gasteiger partial charge is 0.381 e. The van der Waals surface area contributed by atoms with Crippen LogP contribution in [0, 0.1) is 0 Å². The van der Waals surface area contributed by atoms with Crippen molar-refractivity contribution >= 4 is 21.6 Å². The van der Waals surface area contributed by atoms with E-state index in [1.165, 1.54) is 18.5 Å². The first-order valence-electron chi connectivity index (χ1n) is 7.71. The number of amides is 1. The average Bonchev–Trinajstić information content (AvgIpc) is 2.54. The predicted octanol–water partition coefficient (Wildman–Crippen LogP) is 1.48. The second-order valence-electron chi connectivity index (χ2n) is 5.82. The Morgan fingerprint density at radius 1 is 1.35 bits per heavy atom. The van der Waals surface area contributed by atoms with E-state index in [0.717, 1.165) is 12.1 Å². The topological polar surface area (TPSA) is 66.9 Å². The van der Waals surface area contributed by atoms with Crippen LogP contribution in [0.15, 0.2) is 30.3 Å². The molecule has 0 N–H and O–H groups in total. The predicted molar refractivity (Wildman–Crippen MR) is 89.8 cm³/mol. The molecule has 23 heavy (non-hydrogen) atoms. The van der Waals surface area contributed by atoms with E-state index in [-0.39, 0.29) is 11.7 Å². The van der Waals surface area contributed by atoms with Gasteiger partial charge in [-0.1, -0.05) is 18.2 Å². The van der Waals surface area contributed by atoms with E-state index < -0.39 is 22.2 Å². The first kappa shape index (κ1) is 17.9. The molecule has 1 heterocycles. The highest BCUT2D eigenvalue weighted by molar-refractivity contribution is 7.89. The number of ether oxygens (including phenoxy) is 1. The van der Waals surface area contributed by atoms with Crippen molar-refractivity contribution in [2.45, 2.75) is 31.9 Å². The molecule has 1 amide bonds. The summed E-state index contributed by atoms with van der Waals surface area (Å²) in [6, 6.07) is 8.69. The summed E-state index contributed by atoms with van der Waals surface area (Å²) in [6.07, 6.45) is 0.899. The standard InChI is InChI=1S/C16H24N2O4S/c1-13(22-3)12-23(20,21)17(2)15-10-7-11-18(16(15)19)14-8-5-4-6-9-14/h4-6,8-9,13,15H,7,10-12H2,1-3H3/t13-,15+/m0/s1. The van der Waals surface area contributed by atoms with Gasteiger partial charge >= 0.3 is 0 Å². The summed E-state index contributed by atoms with van der Waals surface area (Å²) in [4.78, 5) is 14.4. The summed E-state index contributed by atoms with van der Waals surface area (Å²) >= 11 is 0. The van der Waals surface area contributed by atoms with Crippen LogP contribution in [0.5, 0.6) is 0 Å². The Morgan fingerprint density at radius 2 is 2.00 bits per heavy atom. The van der Waals surface area contributed by atoms with Gasteiger partial charge in [-0.15, -0.1) is 0 Å². The fraction of sp³-hybridized carbons (Fsp3) is 0.562. The molecule has 1 aromatic rings. The molecule has 0 radical (unpaired) electrons. The van der Waals surface area contributed by atoms with Gasteiger partial charge < -0.3 is 9.64 Å². The van der Waals surface area contributed by atoms with Crippen molar-refractivity contribution in [3.63, 3.8) is 0 Å². The Balaban J connectivity index is 2.17.